The molecule has 2 N–H and O–H groups in total. The quantitative estimate of drug-likeness (QED) is 0.760. The van der Waals surface area contributed by atoms with Crippen molar-refractivity contribution in [3.05, 3.63) is 70.7 Å². The summed E-state index contributed by atoms with van der Waals surface area (Å²) in [6.45, 7) is 1.99. The van der Waals surface area contributed by atoms with Crippen molar-refractivity contribution in [1.29, 1.82) is 0 Å². The van der Waals surface area contributed by atoms with Crippen LogP contribution in [0.25, 0.3) is 11.3 Å². The van der Waals surface area contributed by atoms with E-state index < -0.39 is 5.91 Å². The van der Waals surface area contributed by atoms with Crippen LogP contribution in [0.5, 0.6) is 5.75 Å². The van der Waals surface area contributed by atoms with Crippen LogP contribution >= 0.6 is 11.6 Å². The Bertz CT molecular complexity index is 889. The second-order valence-electron chi connectivity index (χ2n) is 5.28. The Kier molecular flexibility index (Phi) is 4.53. The zero-order chi connectivity index (χ0) is 17.1. The maximum Gasteiger partial charge on any atom is 0.252 e. The van der Waals surface area contributed by atoms with Gasteiger partial charge in [0, 0.05) is 10.6 Å². The van der Waals surface area contributed by atoms with Gasteiger partial charge in [0.2, 0.25) is 5.89 Å². The number of nitrogens with two attached hydrogens (primary N) is 1. The summed E-state index contributed by atoms with van der Waals surface area (Å²) in [6, 6.07) is 12.5. The second-order valence-corrected chi connectivity index (χ2v) is 5.72. The lowest BCUT2D eigenvalue weighted by Gasteiger charge is -2.08. The maximum atomic E-state index is 11.5. The number of carbonyl (C=O) groups is 1. The van der Waals surface area contributed by atoms with Crippen LogP contribution in [0, 0.1) is 6.92 Å². The van der Waals surface area contributed by atoms with E-state index in [0.29, 0.717) is 28.0 Å². The molecule has 3 aromatic rings. The number of aromatic nitrogens is 1. The lowest BCUT2D eigenvalue weighted by atomic mass is 10.1. The Balaban J connectivity index is 1.77. The van der Waals surface area contributed by atoms with Crippen LogP contribution in [0.2, 0.25) is 5.02 Å². The van der Waals surface area contributed by atoms with E-state index in [1.54, 1.807) is 36.5 Å². The number of benzene rings is 2. The third-order valence-corrected chi connectivity index (χ3v) is 3.65. The Morgan fingerprint density at radius 2 is 2.12 bits per heavy atom. The first-order valence-electron chi connectivity index (χ1n) is 7.27. The zero-order valence-corrected chi connectivity index (χ0v) is 13.7. The van der Waals surface area contributed by atoms with E-state index >= 15 is 0 Å². The Morgan fingerprint density at radius 1 is 1.29 bits per heavy atom. The van der Waals surface area contributed by atoms with Crippen molar-refractivity contribution >= 4 is 17.5 Å². The minimum Gasteiger partial charge on any atom is -0.483 e. The van der Waals surface area contributed by atoms with Crippen molar-refractivity contribution < 1.29 is 13.9 Å². The predicted octanol–water partition coefficient (Wildman–Crippen LogP) is 3.98. The van der Waals surface area contributed by atoms with E-state index in [1.165, 1.54) is 0 Å². The van der Waals surface area contributed by atoms with Gasteiger partial charge >= 0.3 is 0 Å². The summed E-state index contributed by atoms with van der Waals surface area (Å²) >= 11 is 5.97. The number of rotatable bonds is 5. The van der Waals surface area contributed by atoms with Gasteiger partial charge in [0.05, 0.1) is 11.8 Å². The highest BCUT2D eigenvalue weighted by Gasteiger charge is 2.12. The second kappa shape index (κ2) is 6.76. The van der Waals surface area contributed by atoms with E-state index in [2.05, 4.69) is 4.98 Å². The number of aryl methyl sites for hydroxylation is 1. The van der Waals surface area contributed by atoms with Gasteiger partial charge in [-0.25, -0.2) is 4.98 Å². The Labute approximate surface area is 144 Å². The first kappa shape index (κ1) is 16.1. The number of amides is 1. The molecule has 0 spiro atoms. The molecule has 0 fully saturated rings. The first-order valence-corrected chi connectivity index (χ1v) is 7.64. The summed E-state index contributed by atoms with van der Waals surface area (Å²) in [7, 11) is 0. The highest BCUT2D eigenvalue weighted by atomic mass is 35.5. The van der Waals surface area contributed by atoms with Crippen molar-refractivity contribution in [1.82, 2.24) is 4.98 Å². The van der Waals surface area contributed by atoms with Crippen molar-refractivity contribution in [2.24, 2.45) is 5.73 Å². The molecule has 122 valence electrons. The topological polar surface area (TPSA) is 78.4 Å². The minimum atomic E-state index is -0.544. The fourth-order valence-corrected chi connectivity index (χ4v) is 2.43. The number of carbonyl (C=O) groups excluding carboxylic acids is 1. The van der Waals surface area contributed by atoms with Gasteiger partial charge < -0.3 is 14.9 Å². The monoisotopic (exact) mass is 342 g/mol. The van der Waals surface area contributed by atoms with Gasteiger partial charge in [-0.05, 0) is 36.8 Å². The van der Waals surface area contributed by atoms with Gasteiger partial charge in [-0.3, -0.25) is 4.79 Å². The molecule has 1 heterocycles. The van der Waals surface area contributed by atoms with E-state index in [0.717, 1.165) is 11.1 Å². The molecule has 2 aromatic carbocycles. The van der Waals surface area contributed by atoms with Crippen LogP contribution in [0.1, 0.15) is 21.8 Å². The van der Waals surface area contributed by atoms with Crippen molar-refractivity contribution in [2.45, 2.75) is 13.5 Å². The van der Waals surface area contributed by atoms with Gasteiger partial charge in [-0.2, -0.15) is 0 Å². The molecule has 0 saturated heterocycles. The number of nitrogens with zero attached hydrogens (tertiary/aromatic N) is 1. The molecule has 0 radical (unpaired) electrons. The maximum absolute atomic E-state index is 11.5. The van der Waals surface area contributed by atoms with Crippen LogP contribution < -0.4 is 10.5 Å². The molecule has 1 aromatic heterocycles. The summed E-state index contributed by atoms with van der Waals surface area (Å²) in [5.41, 5.74) is 7.47. The molecule has 0 aliphatic heterocycles. The number of halogens is 1. The first-order chi connectivity index (χ1) is 11.5. The normalized spacial score (nSPS) is 10.6. The van der Waals surface area contributed by atoms with Gasteiger partial charge in [0.25, 0.3) is 5.91 Å². The van der Waals surface area contributed by atoms with Crippen molar-refractivity contribution in [3.8, 4) is 17.1 Å². The molecule has 0 aliphatic carbocycles. The summed E-state index contributed by atoms with van der Waals surface area (Å²) in [4.78, 5) is 15.6. The molecule has 5 nitrogen and oxygen atoms in total. The largest absolute Gasteiger partial charge is 0.483 e. The SMILES string of the molecule is Cc1ccc(C(N)=O)c(OCc2ncc(-c3cccc(Cl)c3)o2)c1. The third kappa shape index (κ3) is 3.58. The Hall–Kier alpha value is -2.79. The van der Waals surface area contributed by atoms with E-state index in [4.69, 9.17) is 26.5 Å². The molecule has 1 amide bonds. The predicted molar refractivity (Wildman–Crippen MR) is 91.0 cm³/mol. The molecular formula is C18H15ClN2O3. The fourth-order valence-electron chi connectivity index (χ4n) is 2.24. The number of primary amides is 1. The van der Waals surface area contributed by atoms with Crippen LogP contribution in [-0.4, -0.2) is 10.9 Å². The van der Waals surface area contributed by atoms with Crippen LogP contribution in [0.3, 0.4) is 0 Å². The molecule has 3 rings (SSSR count). The highest BCUT2D eigenvalue weighted by Crippen LogP contribution is 2.25. The molecular weight excluding hydrogens is 328 g/mol. The van der Waals surface area contributed by atoms with Crippen LogP contribution in [-0.2, 0) is 6.61 Å². The van der Waals surface area contributed by atoms with Crippen LogP contribution in [0.4, 0.5) is 0 Å². The van der Waals surface area contributed by atoms with Gasteiger partial charge in [0.1, 0.15) is 5.75 Å². The lowest BCUT2D eigenvalue weighted by Crippen LogP contribution is -2.13. The highest BCUT2D eigenvalue weighted by molar-refractivity contribution is 6.30. The molecule has 6 heteroatoms. The molecule has 0 aliphatic rings. The summed E-state index contributed by atoms with van der Waals surface area (Å²) in [5, 5.41) is 0.618. The van der Waals surface area contributed by atoms with Crippen LogP contribution in [0.15, 0.2) is 53.1 Å². The number of hydrogen-bond donors (Lipinski definition) is 1. The van der Waals surface area contributed by atoms with E-state index in [9.17, 15) is 4.79 Å². The average Bonchev–Trinajstić information content (AvgIpc) is 3.01. The number of hydrogen-bond acceptors (Lipinski definition) is 4. The Morgan fingerprint density at radius 3 is 2.88 bits per heavy atom. The minimum absolute atomic E-state index is 0.0876. The zero-order valence-electron chi connectivity index (χ0n) is 13.0. The van der Waals surface area contributed by atoms with E-state index in [1.807, 2.05) is 19.1 Å². The summed E-state index contributed by atoms with van der Waals surface area (Å²) in [5.74, 6) is 0.847. The molecule has 0 unspecified atom stereocenters. The summed E-state index contributed by atoms with van der Waals surface area (Å²) in [6.07, 6.45) is 1.61. The van der Waals surface area contributed by atoms with Gasteiger partial charge in [-0.1, -0.05) is 29.8 Å². The number of ether oxygens (including phenoxy) is 1. The summed E-state index contributed by atoms with van der Waals surface area (Å²) < 4.78 is 11.3. The van der Waals surface area contributed by atoms with Gasteiger partial charge in [0.15, 0.2) is 12.4 Å². The molecule has 0 atom stereocenters. The third-order valence-electron chi connectivity index (χ3n) is 3.42. The van der Waals surface area contributed by atoms with Crippen molar-refractivity contribution in [2.75, 3.05) is 0 Å². The molecule has 0 saturated carbocycles. The molecule has 0 bridgehead atoms. The average molecular weight is 343 g/mol. The molecule has 24 heavy (non-hydrogen) atoms. The lowest BCUT2D eigenvalue weighted by molar-refractivity contribution is 0.0995. The van der Waals surface area contributed by atoms with E-state index in [-0.39, 0.29) is 6.61 Å². The van der Waals surface area contributed by atoms with Crippen molar-refractivity contribution in [3.63, 3.8) is 0 Å². The standard InChI is InChI=1S/C18H15ClN2O3/c1-11-5-6-14(18(20)22)15(7-11)23-10-17-21-9-16(24-17)12-3-2-4-13(19)8-12/h2-9H,10H2,1H3,(H2,20,22). The smallest absolute Gasteiger partial charge is 0.252 e. The fraction of sp³-hybridized carbons (Fsp3) is 0.111. The number of oxazole rings is 1. The van der Waals surface area contributed by atoms with Gasteiger partial charge in [-0.15, -0.1) is 0 Å².